The smallest absolute Gasteiger partial charge is 0.854 e. The van der Waals surface area contributed by atoms with Crippen LogP contribution in [-0.2, 0) is 0 Å². The van der Waals surface area contributed by atoms with E-state index in [1.165, 1.54) is 0 Å². The van der Waals surface area contributed by atoms with Crippen molar-refractivity contribution in [1.82, 2.24) is 0 Å². The van der Waals surface area contributed by atoms with Crippen molar-refractivity contribution in [3.05, 3.63) is 0 Å². The zero-order valence-corrected chi connectivity index (χ0v) is 7.60. The van der Waals surface area contributed by atoms with E-state index >= 15 is 0 Å². The first kappa shape index (κ1) is 15.8. The SMILES string of the molecule is [Ca+2].[Mg+2].[O-]P([O-])[O-]. The van der Waals surface area contributed by atoms with Crippen molar-refractivity contribution in [3.8, 4) is 0 Å². The Morgan fingerprint density at radius 3 is 1.00 bits per heavy atom. The Bertz CT molecular complexity index is 15.5. The Morgan fingerprint density at radius 1 is 1.00 bits per heavy atom. The molecule has 3 nitrogen and oxygen atoms in total. The summed E-state index contributed by atoms with van der Waals surface area (Å²) in [6.45, 7) is 0. The molecule has 6 heteroatoms. The van der Waals surface area contributed by atoms with Crippen LogP contribution in [0.3, 0.4) is 0 Å². The summed E-state index contributed by atoms with van der Waals surface area (Å²) in [5.41, 5.74) is 0. The summed E-state index contributed by atoms with van der Waals surface area (Å²) >= 11 is 0. The molecule has 0 bridgehead atoms. The Kier molecular flexibility index (Phi) is 27.2. The molecule has 0 aliphatic heterocycles. The minimum Gasteiger partial charge on any atom is -0.854 e. The van der Waals surface area contributed by atoms with Crippen LogP contribution in [0.2, 0.25) is 0 Å². The van der Waals surface area contributed by atoms with Crippen molar-refractivity contribution in [2.24, 2.45) is 0 Å². The fourth-order valence-electron chi connectivity index (χ4n) is 0. The fraction of sp³-hybridized carbons (Fsp3) is 0. The molecule has 0 aliphatic rings. The molecule has 0 saturated carbocycles. The summed E-state index contributed by atoms with van der Waals surface area (Å²) in [5.74, 6) is 0. The van der Waals surface area contributed by atoms with Gasteiger partial charge in [-0.3, -0.25) is 0 Å². The molecule has 0 saturated heterocycles. The molecule has 0 amide bonds. The molecule has 0 aromatic rings. The maximum absolute atomic E-state index is 8.48. The molecule has 0 atom stereocenters. The van der Waals surface area contributed by atoms with Gasteiger partial charge in [0.2, 0.25) is 0 Å². The molecule has 0 rings (SSSR count). The molecule has 26 valence electrons. The van der Waals surface area contributed by atoms with Crippen molar-refractivity contribution in [1.29, 1.82) is 0 Å². The third-order valence-electron chi connectivity index (χ3n) is 0. The summed E-state index contributed by atoms with van der Waals surface area (Å²) in [6.07, 6.45) is 0. The Hall–Kier alpha value is 2.34. The largest absolute Gasteiger partial charge is 2.00 e. The first-order valence-corrected chi connectivity index (χ1v) is 1.64. The number of hydrogen-bond acceptors (Lipinski definition) is 3. The normalized spacial score (nSPS) is 6.00. The van der Waals surface area contributed by atoms with Crippen LogP contribution in [0.4, 0.5) is 0 Å². The molecule has 0 N–H and O–H groups in total. The van der Waals surface area contributed by atoms with Crippen molar-refractivity contribution in [3.63, 3.8) is 0 Å². The summed E-state index contributed by atoms with van der Waals surface area (Å²) in [5, 5.41) is 0. The van der Waals surface area contributed by atoms with Gasteiger partial charge in [-0.15, -0.1) is 0 Å². The summed E-state index contributed by atoms with van der Waals surface area (Å²) in [7, 11) is -3.37. The first-order valence-electron chi connectivity index (χ1n) is 0.548. The first-order chi connectivity index (χ1) is 1.73. The molecule has 0 radical (unpaired) electrons. The minimum absolute atomic E-state index is 0. The molecular weight excluding hydrogens is 143 g/mol. The molecule has 0 heterocycles. The van der Waals surface area contributed by atoms with Crippen molar-refractivity contribution >= 4 is 69.4 Å². The van der Waals surface area contributed by atoms with Gasteiger partial charge in [-0.1, -0.05) is 0 Å². The van der Waals surface area contributed by atoms with Crippen LogP contribution < -0.4 is 14.7 Å². The molecule has 0 unspecified atom stereocenters. The van der Waals surface area contributed by atoms with Gasteiger partial charge in [0.25, 0.3) is 0 Å². The van der Waals surface area contributed by atoms with E-state index in [2.05, 4.69) is 0 Å². The van der Waals surface area contributed by atoms with E-state index in [0.717, 1.165) is 0 Å². The summed E-state index contributed by atoms with van der Waals surface area (Å²) in [4.78, 5) is 25.4. The average molecular weight is 143 g/mol. The van der Waals surface area contributed by atoms with Gasteiger partial charge in [-0.25, -0.2) is 0 Å². The monoisotopic (exact) mass is 143 g/mol. The van der Waals surface area contributed by atoms with Crippen LogP contribution in [0.15, 0.2) is 0 Å². The zero-order chi connectivity index (χ0) is 3.58. The van der Waals surface area contributed by atoms with Crippen LogP contribution in [0.5, 0.6) is 0 Å². The molecule has 6 heavy (non-hydrogen) atoms. The van der Waals surface area contributed by atoms with Crippen LogP contribution in [-0.4, -0.2) is 60.8 Å². The quantitative estimate of drug-likeness (QED) is 0.261. The van der Waals surface area contributed by atoms with Gasteiger partial charge in [0.05, 0.1) is 0 Å². The maximum atomic E-state index is 8.48. The third-order valence-corrected chi connectivity index (χ3v) is 0. The third kappa shape index (κ3) is 33.1. The van der Waals surface area contributed by atoms with Crippen LogP contribution in [0, 0.1) is 0 Å². The Morgan fingerprint density at radius 2 is 1.00 bits per heavy atom. The van der Waals surface area contributed by atoms with Gasteiger partial charge in [0.1, 0.15) is 0 Å². The fourth-order valence-corrected chi connectivity index (χ4v) is 0. The summed E-state index contributed by atoms with van der Waals surface area (Å²) < 4.78 is 0. The molecule has 0 spiro atoms. The summed E-state index contributed by atoms with van der Waals surface area (Å²) in [6, 6.07) is 0. The van der Waals surface area contributed by atoms with Crippen molar-refractivity contribution in [2.75, 3.05) is 0 Å². The molecule has 0 aromatic heterocycles. The van der Waals surface area contributed by atoms with E-state index in [1.54, 1.807) is 0 Å². The van der Waals surface area contributed by atoms with E-state index in [0.29, 0.717) is 0 Å². The van der Waals surface area contributed by atoms with E-state index in [9.17, 15) is 0 Å². The molecular formula is CaMgO3P+. The second kappa shape index (κ2) is 10.3. The van der Waals surface area contributed by atoms with Crippen LogP contribution in [0.25, 0.3) is 0 Å². The van der Waals surface area contributed by atoms with Gasteiger partial charge in [-0.2, -0.15) is 0 Å². The predicted octanol–water partition coefficient (Wildman–Crippen LogP) is -3.47. The van der Waals surface area contributed by atoms with E-state index < -0.39 is 8.60 Å². The minimum atomic E-state index is -3.37. The molecule has 0 fully saturated rings. The standard InChI is InChI=1S/Ca.Mg.O3P/c;;1-4(2)3/q2*+2;-3. The zero-order valence-electron chi connectivity index (χ0n) is 3.09. The van der Waals surface area contributed by atoms with Gasteiger partial charge >= 0.3 is 60.8 Å². The van der Waals surface area contributed by atoms with Crippen LogP contribution in [0.1, 0.15) is 0 Å². The predicted molar refractivity (Wildman–Crippen MR) is 18.4 cm³/mol. The van der Waals surface area contributed by atoms with Crippen LogP contribution >= 0.6 is 8.60 Å². The van der Waals surface area contributed by atoms with Gasteiger partial charge in [-0.05, 0) is 0 Å². The Labute approximate surface area is 82.9 Å². The second-order valence-electron chi connectivity index (χ2n) is 0.224. The maximum Gasteiger partial charge on any atom is 2.00 e. The van der Waals surface area contributed by atoms with Gasteiger partial charge < -0.3 is 23.3 Å². The topological polar surface area (TPSA) is 69.2 Å². The number of hydrogen-bond donors (Lipinski definition) is 0. The van der Waals surface area contributed by atoms with Gasteiger partial charge in [0.15, 0.2) is 0 Å². The second-order valence-corrected chi connectivity index (χ2v) is 0.671. The molecule has 0 aromatic carbocycles. The average Bonchev–Trinajstić information content (AvgIpc) is 0.811. The van der Waals surface area contributed by atoms with Crippen molar-refractivity contribution < 1.29 is 14.7 Å². The van der Waals surface area contributed by atoms with Gasteiger partial charge in [0, 0.05) is 0 Å². The Balaban J connectivity index is -0.0000000450. The van der Waals surface area contributed by atoms with E-state index in [4.69, 9.17) is 14.7 Å². The van der Waals surface area contributed by atoms with E-state index in [-0.39, 0.29) is 60.8 Å². The van der Waals surface area contributed by atoms with E-state index in [1.807, 2.05) is 0 Å². The molecule has 0 aliphatic carbocycles. The number of rotatable bonds is 0. The van der Waals surface area contributed by atoms with Crippen molar-refractivity contribution in [2.45, 2.75) is 0 Å².